The number of nitrogens with one attached hydrogen (secondary N) is 1. The molecular formula is C19H30N4O2. The Bertz CT molecular complexity index is 552. The number of nitrogens with zero attached hydrogens (tertiary/aromatic N) is 3. The summed E-state index contributed by atoms with van der Waals surface area (Å²) in [5.74, 6) is 0.758. The van der Waals surface area contributed by atoms with Gasteiger partial charge in [-0.2, -0.15) is 0 Å². The lowest BCUT2D eigenvalue weighted by atomic mass is 9.92. The maximum Gasteiger partial charge on any atom is 0.321 e. The Kier molecular flexibility index (Phi) is 6.64. The third kappa shape index (κ3) is 5.68. The Morgan fingerprint density at radius 1 is 1.28 bits per heavy atom. The number of hydrogen-bond donors (Lipinski definition) is 1. The number of ether oxygens (including phenoxy) is 1. The first kappa shape index (κ1) is 18.1. The molecule has 2 saturated heterocycles. The molecule has 1 N–H and O–H groups in total. The first-order chi connectivity index (χ1) is 12.2. The Balaban J connectivity index is 1.34. The lowest BCUT2D eigenvalue weighted by molar-refractivity contribution is 0.0363. The first-order valence-electron chi connectivity index (χ1n) is 9.49. The van der Waals surface area contributed by atoms with Gasteiger partial charge in [0.1, 0.15) is 0 Å². The zero-order valence-electron chi connectivity index (χ0n) is 15.2. The fourth-order valence-corrected chi connectivity index (χ4v) is 3.68. The largest absolute Gasteiger partial charge is 0.379 e. The van der Waals surface area contributed by atoms with Crippen LogP contribution in [0.15, 0.2) is 18.3 Å². The summed E-state index contributed by atoms with van der Waals surface area (Å²) in [7, 11) is 0. The molecule has 0 aromatic carbocycles. The number of piperidine rings is 1. The molecule has 0 radical (unpaired) electrons. The molecule has 2 amide bonds. The highest BCUT2D eigenvalue weighted by Crippen LogP contribution is 2.23. The number of anilines is 1. The monoisotopic (exact) mass is 346 g/mol. The van der Waals surface area contributed by atoms with E-state index in [2.05, 4.69) is 15.2 Å². The topological polar surface area (TPSA) is 57.7 Å². The summed E-state index contributed by atoms with van der Waals surface area (Å²) in [5.41, 5.74) is 1.74. The maximum absolute atomic E-state index is 12.4. The molecule has 0 saturated carbocycles. The summed E-state index contributed by atoms with van der Waals surface area (Å²) < 4.78 is 5.39. The van der Waals surface area contributed by atoms with Crippen LogP contribution in [0.4, 0.5) is 10.5 Å². The SMILES string of the molecule is Cc1cc(NC(=O)N2CCC(CCCN3CCOCC3)CC2)ccn1. The summed E-state index contributed by atoms with van der Waals surface area (Å²) in [5, 5.41) is 2.98. The Morgan fingerprint density at radius 2 is 2.04 bits per heavy atom. The number of urea groups is 1. The van der Waals surface area contributed by atoms with Gasteiger partial charge < -0.3 is 15.0 Å². The van der Waals surface area contributed by atoms with Crippen molar-refractivity contribution in [3.8, 4) is 0 Å². The Morgan fingerprint density at radius 3 is 2.76 bits per heavy atom. The molecule has 0 spiro atoms. The number of aromatic nitrogens is 1. The van der Waals surface area contributed by atoms with Crippen molar-refractivity contribution in [2.75, 3.05) is 51.3 Å². The summed E-state index contributed by atoms with van der Waals surface area (Å²) >= 11 is 0. The molecule has 2 aliphatic heterocycles. The van der Waals surface area contributed by atoms with Crippen LogP contribution >= 0.6 is 0 Å². The van der Waals surface area contributed by atoms with Crippen molar-refractivity contribution < 1.29 is 9.53 Å². The smallest absolute Gasteiger partial charge is 0.321 e. The van der Waals surface area contributed by atoms with Crippen LogP contribution in [-0.2, 0) is 4.74 Å². The number of carbonyl (C=O) groups is 1. The van der Waals surface area contributed by atoms with E-state index in [0.717, 1.165) is 69.5 Å². The number of aryl methyl sites for hydroxylation is 1. The number of hydrogen-bond acceptors (Lipinski definition) is 4. The fourth-order valence-electron chi connectivity index (χ4n) is 3.68. The average molecular weight is 346 g/mol. The molecular weight excluding hydrogens is 316 g/mol. The van der Waals surface area contributed by atoms with E-state index in [0.29, 0.717) is 0 Å². The van der Waals surface area contributed by atoms with Crippen molar-refractivity contribution in [2.45, 2.75) is 32.6 Å². The van der Waals surface area contributed by atoms with Crippen molar-refractivity contribution in [2.24, 2.45) is 5.92 Å². The van der Waals surface area contributed by atoms with Gasteiger partial charge in [-0.3, -0.25) is 9.88 Å². The Labute approximate surface area is 150 Å². The van der Waals surface area contributed by atoms with Crippen LogP contribution in [0, 0.1) is 12.8 Å². The number of likely N-dealkylation sites (tertiary alicyclic amines) is 1. The summed E-state index contributed by atoms with van der Waals surface area (Å²) in [6.45, 7) is 8.74. The van der Waals surface area contributed by atoms with E-state index < -0.39 is 0 Å². The van der Waals surface area contributed by atoms with E-state index in [1.54, 1.807) is 6.20 Å². The van der Waals surface area contributed by atoms with E-state index in [1.165, 1.54) is 19.4 Å². The van der Waals surface area contributed by atoms with Gasteiger partial charge in [0.25, 0.3) is 0 Å². The fraction of sp³-hybridized carbons (Fsp3) is 0.684. The highest BCUT2D eigenvalue weighted by molar-refractivity contribution is 5.89. The van der Waals surface area contributed by atoms with E-state index in [1.807, 2.05) is 24.0 Å². The molecule has 1 aromatic heterocycles. The van der Waals surface area contributed by atoms with Crippen LogP contribution in [0.25, 0.3) is 0 Å². The molecule has 3 heterocycles. The number of morpholine rings is 1. The highest BCUT2D eigenvalue weighted by Gasteiger charge is 2.23. The highest BCUT2D eigenvalue weighted by atomic mass is 16.5. The van der Waals surface area contributed by atoms with Gasteiger partial charge in [-0.1, -0.05) is 0 Å². The summed E-state index contributed by atoms with van der Waals surface area (Å²) in [6, 6.07) is 3.75. The minimum atomic E-state index is 0.0115. The predicted octanol–water partition coefficient (Wildman–Crippen LogP) is 2.75. The number of amides is 2. The zero-order valence-corrected chi connectivity index (χ0v) is 15.2. The molecule has 6 heteroatoms. The minimum absolute atomic E-state index is 0.0115. The van der Waals surface area contributed by atoms with Crippen LogP contribution in [0.2, 0.25) is 0 Å². The van der Waals surface area contributed by atoms with Crippen LogP contribution < -0.4 is 5.32 Å². The molecule has 2 aliphatic rings. The van der Waals surface area contributed by atoms with Crippen LogP contribution in [0.3, 0.4) is 0 Å². The molecule has 25 heavy (non-hydrogen) atoms. The van der Waals surface area contributed by atoms with Crippen molar-refractivity contribution in [1.82, 2.24) is 14.8 Å². The third-order valence-electron chi connectivity index (χ3n) is 5.24. The van der Waals surface area contributed by atoms with Crippen molar-refractivity contribution in [3.63, 3.8) is 0 Å². The minimum Gasteiger partial charge on any atom is -0.379 e. The maximum atomic E-state index is 12.4. The Hall–Kier alpha value is -1.66. The molecule has 138 valence electrons. The molecule has 1 aromatic rings. The molecule has 0 atom stereocenters. The van der Waals surface area contributed by atoms with Gasteiger partial charge in [-0.05, 0) is 57.2 Å². The predicted molar refractivity (Wildman–Crippen MR) is 98.8 cm³/mol. The molecule has 0 aliphatic carbocycles. The van der Waals surface area contributed by atoms with E-state index >= 15 is 0 Å². The second-order valence-electron chi connectivity index (χ2n) is 7.14. The summed E-state index contributed by atoms with van der Waals surface area (Å²) in [4.78, 5) is 21.0. The van der Waals surface area contributed by atoms with Gasteiger partial charge >= 0.3 is 6.03 Å². The second kappa shape index (κ2) is 9.15. The lowest BCUT2D eigenvalue weighted by Crippen LogP contribution is -2.41. The summed E-state index contributed by atoms with van der Waals surface area (Å²) in [6.07, 6.45) is 6.49. The second-order valence-corrected chi connectivity index (χ2v) is 7.14. The van der Waals surface area contributed by atoms with Gasteiger partial charge in [-0.25, -0.2) is 4.79 Å². The lowest BCUT2D eigenvalue weighted by Gasteiger charge is -2.33. The number of pyridine rings is 1. The van der Waals surface area contributed by atoms with Crippen LogP contribution in [0.5, 0.6) is 0 Å². The standard InChI is InChI=1S/C19H30N4O2/c1-16-15-18(4-7-20-16)21-19(24)23-9-5-17(6-10-23)3-2-8-22-11-13-25-14-12-22/h4,7,15,17H,2-3,5-6,8-14H2,1H3,(H,20,21,24). The van der Waals surface area contributed by atoms with E-state index in [9.17, 15) is 4.79 Å². The molecule has 6 nitrogen and oxygen atoms in total. The molecule has 3 rings (SSSR count). The van der Waals surface area contributed by atoms with Crippen LogP contribution in [-0.4, -0.2) is 66.8 Å². The zero-order chi connectivity index (χ0) is 17.5. The van der Waals surface area contributed by atoms with E-state index in [4.69, 9.17) is 4.74 Å². The number of carbonyl (C=O) groups excluding carboxylic acids is 1. The average Bonchev–Trinajstić information content (AvgIpc) is 2.63. The molecule has 0 bridgehead atoms. The molecule has 0 unspecified atom stereocenters. The molecule has 2 fully saturated rings. The van der Waals surface area contributed by atoms with E-state index in [-0.39, 0.29) is 6.03 Å². The van der Waals surface area contributed by atoms with Gasteiger partial charge in [0, 0.05) is 43.8 Å². The van der Waals surface area contributed by atoms with Crippen LogP contribution in [0.1, 0.15) is 31.4 Å². The van der Waals surface area contributed by atoms with Gasteiger partial charge in [-0.15, -0.1) is 0 Å². The quantitative estimate of drug-likeness (QED) is 0.891. The third-order valence-corrected chi connectivity index (χ3v) is 5.24. The first-order valence-corrected chi connectivity index (χ1v) is 9.49. The normalized spacial score (nSPS) is 19.8. The van der Waals surface area contributed by atoms with Gasteiger partial charge in [0.2, 0.25) is 0 Å². The van der Waals surface area contributed by atoms with Gasteiger partial charge in [0.05, 0.1) is 13.2 Å². The van der Waals surface area contributed by atoms with Crippen molar-refractivity contribution >= 4 is 11.7 Å². The number of rotatable bonds is 5. The van der Waals surface area contributed by atoms with Crippen molar-refractivity contribution in [3.05, 3.63) is 24.0 Å². The van der Waals surface area contributed by atoms with Gasteiger partial charge in [0.15, 0.2) is 0 Å². The van der Waals surface area contributed by atoms with Crippen molar-refractivity contribution in [1.29, 1.82) is 0 Å².